The van der Waals surface area contributed by atoms with Crippen LogP contribution in [0.15, 0.2) is 0 Å². The van der Waals surface area contributed by atoms with Gasteiger partial charge in [0.15, 0.2) is 0 Å². The summed E-state index contributed by atoms with van der Waals surface area (Å²) in [6.45, 7) is 0.549. The second kappa shape index (κ2) is 2.80. The van der Waals surface area contributed by atoms with Gasteiger partial charge in [-0.25, -0.2) is 4.79 Å². The van der Waals surface area contributed by atoms with E-state index in [1.165, 1.54) is 19.3 Å². The molecule has 0 aromatic rings. The van der Waals surface area contributed by atoms with E-state index in [-0.39, 0.29) is 11.6 Å². The van der Waals surface area contributed by atoms with Gasteiger partial charge in [-0.05, 0) is 25.2 Å². The van der Waals surface area contributed by atoms with Crippen LogP contribution in [0.25, 0.3) is 0 Å². The van der Waals surface area contributed by atoms with E-state index < -0.39 is 0 Å². The van der Waals surface area contributed by atoms with E-state index in [2.05, 4.69) is 10.6 Å². The Morgan fingerprint density at radius 2 is 2.17 bits per heavy atom. The van der Waals surface area contributed by atoms with Gasteiger partial charge in [-0.3, -0.25) is 0 Å². The molecule has 0 radical (unpaired) electrons. The molecule has 3 rings (SSSR count). The van der Waals surface area contributed by atoms with Gasteiger partial charge in [-0.2, -0.15) is 0 Å². The summed E-state index contributed by atoms with van der Waals surface area (Å²) in [5.41, 5.74) is 0.182. The van der Waals surface area contributed by atoms with E-state index in [1.807, 2.05) is 0 Å². The molecule has 3 saturated carbocycles. The van der Waals surface area contributed by atoms with Crippen molar-refractivity contribution in [3.8, 4) is 0 Å². The highest BCUT2D eigenvalue weighted by molar-refractivity contribution is 6.18. The lowest BCUT2D eigenvalue weighted by molar-refractivity contribution is -0.0402. The number of urea groups is 1. The molecule has 0 spiro atoms. The normalized spacial score (nSPS) is 36.2. The minimum atomic E-state index is -0.0613. The van der Waals surface area contributed by atoms with Crippen LogP contribution in [0.5, 0.6) is 0 Å². The van der Waals surface area contributed by atoms with Crippen molar-refractivity contribution >= 4 is 17.6 Å². The van der Waals surface area contributed by atoms with Gasteiger partial charge in [-0.15, -0.1) is 11.6 Å². The van der Waals surface area contributed by atoms with Crippen molar-refractivity contribution in [2.75, 3.05) is 12.4 Å². The highest BCUT2D eigenvalue weighted by atomic mass is 35.5. The first-order valence-electron chi connectivity index (χ1n) is 4.36. The zero-order valence-corrected chi connectivity index (χ0v) is 7.66. The third-order valence-corrected chi connectivity index (χ3v) is 2.99. The predicted octanol–water partition coefficient (Wildman–Crippen LogP) is 1.08. The maximum absolute atomic E-state index is 11.2. The highest BCUT2D eigenvalue weighted by Crippen LogP contribution is 2.56. The summed E-state index contributed by atoms with van der Waals surface area (Å²) >= 11 is 5.43. The van der Waals surface area contributed by atoms with Crippen molar-refractivity contribution < 1.29 is 4.79 Å². The van der Waals surface area contributed by atoms with Crippen LogP contribution < -0.4 is 10.6 Å². The summed E-state index contributed by atoms with van der Waals surface area (Å²) < 4.78 is 0. The van der Waals surface area contributed by atoms with Crippen molar-refractivity contribution in [2.45, 2.75) is 24.8 Å². The van der Waals surface area contributed by atoms with Crippen molar-refractivity contribution in [1.29, 1.82) is 0 Å². The zero-order valence-electron chi connectivity index (χ0n) is 6.90. The minimum absolute atomic E-state index is 0.0613. The molecule has 3 aliphatic rings. The Morgan fingerprint density at radius 1 is 1.50 bits per heavy atom. The Kier molecular flexibility index (Phi) is 1.91. The number of nitrogens with one attached hydrogen (secondary N) is 2. The second-order valence-corrected chi connectivity index (χ2v) is 4.21. The first-order chi connectivity index (χ1) is 5.74. The fourth-order valence-electron chi connectivity index (χ4n) is 2.08. The average molecular weight is 189 g/mol. The van der Waals surface area contributed by atoms with Crippen LogP contribution in [-0.2, 0) is 0 Å². The SMILES string of the molecule is O=C(NCCCl)NC12CC(C1)C2. The third-order valence-electron chi connectivity index (χ3n) is 2.80. The molecule has 3 aliphatic carbocycles. The van der Waals surface area contributed by atoms with Crippen LogP contribution in [0.4, 0.5) is 4.79 Å². The lowest BCUT2D eigenvalue weighted by Crippen LogP contribution is -2.69. The molecule has 3 nitrogen and oxygen atoms in total. The maximum atomic E-state index is 11.2. The Morgan fingerprint density at radius 3 is 2.58 bits per heavy atom. The number of hydrogen-bond donors (Lipinski definition) is 2. The molecule has 0 atom stereocenters. The first-order valence-corrected chi connectivity index (χ1v) is 4.89. The molecule has 2 amide bonds. The standard InChI is InChI=1S/C8H13ClN2O/c9-1-2-10-7(12)11-8-3-6(4-8)5-8/h6H,1-5H2,(H2,10,11,12). The monoisotopic (exact) mass is 188 g/mol. The lowest BCUT2D eigenvalue weighted by atomic mass is 9.50. The molecule has 0 aliphatic heterocycles. The van der Waals surface area contributed by atoms with E-state index in [0.717, 1.165) is 5.92 Å². The average Bonchev–Trinajstić information content (AvgIpc) is 1.90. The van der Waals surface area contributed by atoms with Crippen molar-refractivity contribution in [2.24, 2.45) is 5.92 Å². The smallest absolute Gasteiger partial charge is 0.315 e. The number of halogens is 1. The van der Waals surface area contributed by atoms with Gasteiger partial charge in [0.05, 0.1) is 0 Å². The van der Waals surface area contributed by atoms with E-state index in [1.54, 1.807) is 0 Å². The molecule has 0 saturated heterocycles. The fraction of sp³-hybridized carbons (Fsp3) is 0.875. The van der Waals surface area contributed by atoms with Gasteiger partial charge in [0, 0.05) is 18.0 Å². The highest BCUT2D eigenvalue weighted by Gasteiger charge is 2.57. The molecule has 2 N–H and O–H groups in total. The Labute approximate surface area is 76.8 Å². The Balaban J connectivity index is 1.68. The van der Waals surface area contributed by atoms with Crippen molar-refractivity contribution in [1.82, 2.24) is 10.6 Å². The quantitative estimate of drug-likeness (QED) is 0.640. The molecule has 4 heteroatoms. The fourth-order valence-corrected chi connectivity index (χ4v) is 2.17. The predicted molar refractivity (Wildman–Crippen MR) is 47.3 cm³/mol. The number of amides is 2. The minimum Gasteiger partial charge on any atom is -0.337 e. The van der Waals surface area contributed by atoms with Gasteiger partial charge in [0.1, 0.15) is 0 Å². The van der Waals surface area contributed by atoms with Crippen LogP contribution in [0.2, 0.25) is 0 Å². The van der Waals surface area contributed by atoms with Gasteiger partial charge >= 0.3 is 6.03 Å². The summed E-state index contributed by atoms with van der Waals surface area (Å²) in [5.74, 6) is 1.38. The molecule has 3 fully saturated rings. The molecule has 2 bridgehead atoms. The molecule has 0 heterocycles. The molecule has 68 valence electrons. The largest absolute Gasteiger partial charge is 0.337 e. The first kappa shape index (κ1) is 8.17. The van der Waals surface area contributed by atoms with E-state index >= 15 is 0 Å². The van der Waals surface area contributed by atoms with Gasteiger partial charge in [0.25, 0.3) is 0 Å². The molecule has 0 aromatic carbocycles. The zero-order chi connectivity index (χ0) is 8.60. The van der Waals surface area contributed by atoms with Crippen LogP contribution in [-0.4, -0.2) is 24.0 Å². The molecular formula is C8H13ClN2O. The summed E-state index contributed by atoms with van der Waals surface area (Å²) in [4.78, 5) is 11.2. The Bertz CT molecular complexity index is 190. The third kappa shape index (κ3) is 1.26. The topological polar surface area (TPSA) is 41.1 Å². The number of hydrogen-bond acceptors (Lipinski definition) is 1. The maximum Gasteiger partial charge on any atom is 0.315 e. The second-order valence-electron chi connectivity index (χ2n) is 3.83. The van der Waals surface area contributed by atoms with Crippen molar-refractivity contribution in [3.63, 3.8) is 0 Å². The number of rotatable bonds is 3. The van der Waals surface area contributed by atoms with E-state index in [9.17, 15) is 4.79 Å². The molecule has 12 heavy (non-hydrogen) atoms. The molecule has 0 unspecified atom stereocenters. The summed E-state index contributed by atoms with van der Waals surface area (Å²) in [6, 6.07) is -0.0613. The van der Waals surface area contributed by atoms with Crippen LogP contribution in [0.1, 0.15) is 19.3 Å². The Hall–Kier alpha value is -0.440. The molecular weight excluding hydrogens is 176 g/mol. The van der Waals surface area contributed by atoms with E-state index in [0.29, 0.717) is 12.4 Å². The van der Waals surface area contributed by atoms with Gasteiger partial charge < -0.3 is 10.6 Å². The number of carbonyl (C=O) groups excluding carboxylic acids is 1. The van der Waals surface area contributed by atoms with Crippen LogP contribution in [0, 0.1) is 5.92 Å². The van der Waals surface area contributed by atoms with Crippen LogP contribution >= 0.6 is 11.6 Å². The summed E-state index contributed by atoms with van der Waals surface area (Å²) in [5, 5.41) is 5.68. The summed E-state index contributed by atoms with van der Waals surface area (Å²) in [7, 11) is 0. The number of alkyl halides is 1. The van der Waals surface area contributed by atoms with E-state index in [4.69, 9.17) is 11.6 Å². The van der Waals surface area contributed by atoms with Crippen LogP contribution in [0.3, 0.4) is 0 Å². The van der Waals surface area contributed by atoms with Gasteiger partial charge in [-0.1, -0.05) is 0 Å². The number of carbonyl (C=O) groups is 1. The van der Waals surface area contributed by atoms with Gasteiger partial charge in [0.2, 0.25) is 0 Å². The lowest BCUT2D eigenvalue weighted by Gasteiger charge is -2.61. The summed E-state index contributed by atoms with van der Waals surface area (Å²) in [6.07, 6.45) is 3.55. The van der Waals surface area contributed by atoms with Crippen molar-refractivity contribution in [3.05, 3.63) is 0 Å². The molecule has 0 aromatic heterocycles.